The SMILES string of the molecule is CCN(CC)C(=O)c1cc2cccccc-2c1. The molecule has 0 aromatic heterocycles. The zero-order valence-electron chi connectivity index (χ0n) is 10.3. The smallest absolute Gasteiger partial charge is 0.253 e. The van der Waals surface area contributed by atoms with Crippen LogP contribution in [0, 0.1) is 0 Å². The molecule has 0 spiro atoms. The molecule has 0 atom stereocenters. The maximum absolute atomic E-state index is 12.2. The molecule has 0 heterocycles. The highest BCUT2D eigenvalue weighted by atomic mass is 16.2. The number of fused-ring (bicyclic) bond motifs is 1. The molecule has 0 aromatic rings. The van der Waals surface area contributed by atoms with Crippen molar-refractivity contribution in [2.75, 3.05) is 13.1 Å². The molecule has 2 nitrogen and oxygen atoms in total. The van der Waals surface area contributed by atoms with Crippen LogP contribution in [0.5, 0.6) is 0 Å². The van der Waals surface area contributed by atoms with Crippen molar-refractivity contribution in [3.05, 3.63) is 48.0 Å². The lowest BCUT2D eigenvalue weighted by atomic mass is 10.2. The normalized spacial score (nSPS) is 10.5. The van der Waals surface area contributed by atoms with Crippen molar-refractivity contribution in [3.63, 3.8) is 0 Å². The van der Waals surface area contributed by atoms with Gasteiger partial charge in [0.15, 0.2) is 0 Å². The van der Waals surface area contributed by atoms with E-state index in [4.69, 9.17) is 0 Å². The second-order valence-corrected chi connectivity index (χ2v) is 4.04. The topological polar surface area (TPSA) is 20.3 Å². The van der Waals surface area contributed by atoms with Crippen LogP contribution in [0.2, 0.25) is 0 Å². The first-order valence-corrected chi connectivity index (χ1v) is 6.04. The Labute approximate surface area is 102 Å². The van der Waals surface area contributed by atoms with Gasteiger partial charge < -0.3 is 4.90 Å². The monoisotopic (exact) mass is 227 g/mol. The second-order valence-electron chi connectivity index (χ2n) is 4.04. The van der Waals surface area contributed by atoms with Gasteiger partial charge in [0.25, 0.3) is 5.91 Å². The Morgan fingerprint density at radius 3 is 2.00 bits per heavy atom. The minimum absolute atomic E-state index is 0.119. The zero-order chi connectivity index (χ0) is 12.3. The zero-order valence-corrected chi connectivity index (χ0v) is 10.3. The fourth-order valence-electron chi connectivity index (χ4n) is 2.03. The van der Waals surface area contributed by atoms with Gasteiger partial charge in [-0.25, -0.2) is 0 Å². The van der Waals surface area contributed by atoms with E-state index < -0.39 is 0 Å². The number of amides is 1. The van der Waals surface area contributed by atoms with Crippen molar-refractivity contribution in [2.24, 2.45) is 0 Å². The maximum atomic E-state index is 12.2. The van der Waals surface area contributed by atoms with Gasteiger partial charge in [-0.1, -0.05) is 30.3 Å². The number of carbonyl (C=O) groups excluding carboxylic acids is 1. The van der Waals surface area contributed by atoms with Gasteiger partial charge in [0.2, 0.25) is 0 Å². The maximum Gasteiger partial charge on any atom is 0.253 e. The quantitative estimate of drug-likeness (QED) is 0.788. The predicted octanol–water partition coefficient (Wildman–Crippen LogP) is 3.27. The molecule has 0 fully saturated rings. The van der Waals surface area contributed by atoms with Crippen molar-refractivity contribution in [1.82, 2.24) is 4.90 Å². The van der Waals surface area contributed by atoms with E-state index in [1.807, 2.05) is 61.2 Å². The predicted molar refractivity (Wildman–Crippen MR) is 70.3 cm³/mol. The van der Waals surface area contributed by atoms with E-state index in [0.29, 0.717) is 0 Å². The van der Waals surface area contributed by atoms with Crippen molar-refractivity contribution < 1.29 is 4.79 Å². The Morgan fingerprint density at radius 1 is 1.00 bits per heavy atom. The molecule has 2 aliphatic carbocycles. The Bertz CT molecular complexity index is 458. The molecular formula is C15H17NO. The summed E-state index contributed by atoms with van der Waals surface area (Å²) in [6.07, 6.45) is 0. The molecular weight excluding hydrogens is 210 g/mol. The van der Waals surface area contributed by atoms with E-state index in [2.05, 4.69) is 0 Å². The fraction of sp³-hybridized carbons (Fsp3) is 0.267. The highest BCUT2D eigenvalue weighted by molar-refractivity contribution is 5.98. The molecule has 0 aromatic carbocycles. The Kier molecular flexibility index (Phi) is 3.43. The van der Waals surface area contributed by atoms with Gasteiger partial charge in [0, 0.05) is 18.7 Å². The first kappa shape index (κ1) is 11.6. The molecule has 1 amide bonds. The van der Waals surface area contributed by atoms with Crippen molar-refractivity contribution in [1.29, 1.82) is 0 Å². The third kappa shape index (κ3) is 2.31. The average Bonchev–Trinajstić information content (AvgIpc) is 2.62. The van der Waals surface area contributed by atoms with Crippen LogP contribution in [-0.2, 0) is 0 Å². The summed E-state index contributed by atoms with van der Waals surface area (Å²) in [6, 6.07) is 14.0. The van der Waals surface area contributed by atoms with Crippen LogP contribution in [0.25, 0.3) is 11.1 Å². The minimum Gasteiger partial charge on any atom is -0.339 e. The molecule has 0 N–H and O–H groups in total. The molecule has 2 aliphatic rings. The number of hydrogen-bond donors (Lipinski definition) is 0. The molecule has 0 radical (unpaired) electrons. The van der Waals surface area contributed by atoms with E-state index in [0.717, 1.165) is 29.8 Å². The summed E-state index contributed by atoms with van der Waals surface area (Å²) in [5, 5.41) is 0. The van der Waals surface area contributed by atoms with Crippen molar-refractivity contribution >= 4 is 5.91 Å². The Morgan fingerprint density at radius 2 is 1.53 bits per heavy atom. The van der Waals surface area contributed by atoms with Crippen LogP contribution in [0.3, 0.4) is 0 Å². The highest BCUT2D eigenvalue weighted by Gasteiger charge is 2.15. The van der Waals surface area contributed by atoms with Gasteiger partial charge in [-0.3, -0.25) is 4.79 Å². The fourth-order valence-corrected chi connectivity index (χ4v) is 2.03. The number of nitrogens with zero attached hydrogens (tertiary/aromatic N) is 1. The molecule has 2 heteroatoms. The molecule has 0 unspecified atom stereocenters. The van der Waals surface area contributed by atoms with Crippen LogP contribution in [0.4, 0.5) is 0 Å². The number of rotatable bonds is 3. The molecule has 2 rings (SSSR count). The molecule has 0 bridgehead atoms. The summed E-state index contributed by atoms with van der Waals surface area (Å²) in [7, 11) is 0. The number of hydrogen-bond acceptors (Lipinski definition) is 1. The van der Waals surface area contributed by atoms with E-state index >= 15 is 0 Å². The molecule has 0 saturated carbocycles. The van der Waals surface area contributed by atoms with Crippen LogP contribution in [0.1, 0.15) is 24.2 Å². The molecule has 0 aliphatic heterocycles. The second kappa shape index (κ2) is 5.00. The first-order valence-electron chi connectivity index (χ1n) is 6.04. The van der Waals surface area contributed by atoms with Gasteiger partial charge in [0.05, 0.1) is 0 Å². The standard InChI is InChI=1S/C15H17NO/c1-3-16(4-2)15(17)14-10-12-8-6-5-7-9-13(12)11-14/h5-11H,3-4H2,1-2H3. The summed E-state index contributed by atoms with van der Waals surface area (Å²) >= 11 is 0. The average molecular weight is 227 g/mol. The number of carbonyl (C=O) groups is 1. The summed E-state index contributed by atoms with van der Waals surface area (Å²) in [5.41, 5.74) is 3.02. The summed E-state index contributed by atoms with van der Waals surface area (Å²) < 4.78 is 0. The van der Waals surface area contributed by atoms with E-state index in [1.165, 1.54) is 0 Å². The lowest BCUT2D eigenvalue weighted by Gasteiger charge is -2.17. The minimum atomic E-state index is 0.119. The molecule has 88 valence electrons. The third-order valence-electron chi connectivity index (χ3n) is 3.03. The third-order valence-corrected chi connectivity index (χ3v) is 3.03. The lowest BCUT2D eigenvalue weighted by molar-refractivity contribution is 0.0773. The van der Waals surface area contributed by atoms with Crippen LogP contribution < -0.4 is 0 Å². The Balaban J connectivity index is 2.38. The van der Waals surface area contributed by atoms with E-state index in [9.17, 15) is 4.79 Å². The van der Waals surface area contributed by atoms with Crippen molar-refractivity contribution in [2.45, 2.75) is 13.8 Å². The van der Waals surface area contributed by atoms with Crippen molar-refractivity contribution in [3.8, 4) is 11.1 Å². The van der Waals surface area contributed by atoms with Gasteiger partial charge in [-0.2, -0.15) is 0 Å². The summed E-state index contributed by atoms with van der Waals surface area (Å²) in [5.74, 6) is 0.119. The van der Waals surface area contributed by atoms with Gasteiger partial charge in [-0.05, 0) is 37.1 Å². The first-order chi connectivity index (χ1) is 8.26. The molecule has 17 heavy (non-hydrogen) atoms. The highest BCUT2D eigenvalue weighted by Crippen LogP contribution is 2.25. The van der Waals surface area contributed by atoms with Gasteiger partial charge in [0.1, 0.15) is 0 Å². The molecule has 0 saturated heterocycles. The Hall–Kier alpha value is -1.83. The van der Waals surface area contributed by atoms with Gasteiger partial charge in [-0.15, -0.1) is 0 Å². The van der Waals surface area contributed by atoms with Gasteiger partial charge >= 0.3 is 0 Å². The summed E-state index contributed by atoms with van der Waals surface area (Å²) in [4.78, 5) is 14.0. The largest absolute Gasteiger partial charge is 0.339 e. The van der Waals surface area contributed by atoms with E-state index in [1.54, 1.807) is 0 Å². The van der Waals surface area contributed by atoms with E-state index in [-0.39, 0.29) is 5.91 Å². The lowest BCUT2D eigenvalue weighted by Crippen LogP contribution is -2.30. The van der Waals surface area contributed by atoms with Crippen LogP contribution in [-0.4, -0.2) is 23.9 Å². The summed E-state index contributed by atoms with van der Waals surface area (Å²) in [6.45, 7) is 5.52. The van der Waals surface area contributed by atoms with Crippen LogP contribution in [0.15, 0.2) is 42.5 Å². The van der Waals surface area contributed by atoms with Crippen LogP contribution >= 0.6 is 0 Å².